The van der Waals surface area contributed by atoms with Gasteiger partial charge in [-0.25, -0.2) is 8.42 Å². The number of benzene rings is 2. The van der Waals surface area contributed by atoms with E-state index in [1.54, 1.807) is 19.9 Å². The first-order valence-corrected chi connectivity index (χ1v) is 13.2. The SMILES string of the molecule is Cc1c(/C=C(\C#N)S(=O)(=O)c2c(Cl)c(Cl)cc(Cl)c2Cl)cc(C(C)C)n1-c1ccccc1C(F)(F)F. The molecule has 0 unspecified atom stereocenters. The summed E-state index contributed by atoms with van der Waals surface area (Å²) in [5.74, 6) is -0.245. The molecule has 1 aromatic heterocycles. The third-order valence-electron chi connectivity index (χ3n) is 5.38. The monoisotopic (exact) mass is 594 g/mol. The molecule has 12 heteroatoms. The number of nitriles is 1. The molecule has 0 atom stereocenters. The van der Waals surface area contributed by atoms with Crippen molar-refractivity contribution in [2.24, 2.45) is 0 Å². The van der Waals surface area contributed by atoms with Gasteiger partial charge in [0.15, 0.2) is 0 Å². The van der Waals surface area contributed by atoms with Crippen LogP contribution >= 0.6 is 46.4 Å². The molecule has 0 aliphatic rings. The Morgan fingerprint density at radius 1 is 1.06 bits per heavy atom. The summed E-state index contributed by atoms with van der Waals surface area (Å²) < 4.78 is 69.4. The normalized spacial score (nSPS) is 12.8. The lowest BCUT2D eigenvalue weighted by molar-refractivity contribution is -0.137. The first-order valence-electron chi connectivity index (χ1n) is 10.2. The highest BCUT2D eigenvalue weighted by Crippen LogP contribution is 2.43. The summed E-state index contributed by atoms with van der Waals surface area (Å²) in [6, 6.07) is 9.37. The maximum Gasteiger partial charge on any atom is 0.418 e. The Hall–Kier alpha value is -2.15. The number of alkyl halides is 3. The first kappa shape index (κ1) is 28.4. The van der Waals surface area contributed by atoms with E-state index in [9.17, 15) is 26.9 Å². The van der Waals surface area contributed by atoms with E-state index in [0.29, 0.717) is 11.4 Å². The van der Waals surface area contributed by atoms with Crippen molar-refractivity contribution < 1.29 is 21.6 Å². The van der Waals surface area contributed by atoms with Crippen LogP contribution in [0, 0.1) is 18.3 Å². The van der Waals surface area contributed by atoms with Gasteiger partial charge in [0.1, 0.15) is 15.9 Å². The molecule has 0 bridgehead atoms. The van der Waals surface area contributed by atoms with E-state index in [4.69, 9.17) is 46.4 Å². The highest BCUT2D eigenvalue weighted by Gasteiger charge is 2.35. The number of hydrogen-bond acceptors (Lipinski definition) is 3. The lowest BCUT2D eigenvalue weighted by Gasteiger charge is -2.19. The molecule has 0 N–H and O–H groups in total. The Morgan fingerprint density at radius 3 is 2.11 bits per heavy atom. The highest BCUT2D eigenvalue weighted by molar-refractivity contribution is 7.96. The van der Waals surface area contributed by atoms with Crippen LogP contribution in [0.2, 0.25) is 20.1 Å². The number of nitrogens with zero attached hydrogens (tertiary/aromatic N) is 2. The fourth-order valence-corrected chi connectivity index (χ4v) is 6.50. The maximum absolute atomic E-state index is 13.8. The molecule has 2 aromatic carbocycles. The fraction of sp³-hybridized carbons (Fsp3) is 0.208. The number of hydrogen-bond donors (Lipinski definition) is 0. The van der Waals surface area contributed by atoms with E-state index >= 15 is 0 Å². The zero-order chi connectivity index (χ0) is 27.2. The van der Waals surface area contributed by atoms with Crippen LogP contribution in [-0.2, 0) is 16.0 Å². The quantitative estimate of drug-likeness (QED) is 0.218. The molecule has 36 heavy (non-hydrogen) atoms. The second-order valence-corrected chi connectivity index (χ2v) is 11.5. The van der Waals surface area contributed by atoms with Crippen LogP contribution in [0.5, 0.6) is 0 Å². The molecule has 3 aromatic rings. The summed E-state index contributed by atoms with van der Waals surface area (Å²) in [6.07, 6.45) is -3.57. The zero-order valence-corrected chi connectivity index (χ0v) is 22.7. The molecule has 0 fully saturated rings. The van der Waals surface area contributed by atoms with Gasteiger partial charge in [0, 0.05) is 11.4 Å². The van der Waals surface area contributed by atoms with Gasteiger partial charge in [-0.05, 0) is 48.7 Å². The fourth-order valence-electron chi connectivity index (χ4n) is 3.66. The topological polar surface area (TPSA) is 62.9 Å². The minimum absolute atomic E-state index is 0.125. The molecular weight excluding hydrogens is 579 g/mol. The van der Waals surface area contributed by atoms with Crippen molar-refractivity contribution in [3.8, 4) is 11.8 Å². The van der Waals surface area contributed by atoms with Gasteiger partial charge in [0.2, 0.25) is 9.84 Å². The molecule has 0 spiro atoms. The van der Waals surface area contributed by atoms with E-state index in [1.807, 2.05) is 0 Å². The van der Waals surface area contributed by atoms with E-state index < -0.39 is 41.4 Å². The zero-order valence-electron chi connectivity index (χ0n) is 18.9. The number of aromatic nitrogens is 1. The van der Waals surface area contributed by atoms with Gasteiger partial charge in [0.05, 0.1) is 31.3 Å². The molecule has 3 rings (SSSR count). The average molecular weight is 596 g/mol. The molecule has 0 saturated carbocycles. The lowest BCUT2D eigenvalue weighted by Crippen LogP contribution is -2.13. The van der Waals surface area contributed by atoms with Gasteiger partial charge in [-0.1, -0.05) is 72.4 Å². The third-order valence-corrected chi connectivity index (χ3v) is 8.92. The standard InChI is InChI=1S/C24H17Cl4F3N2O2S/c1-12(2)20-9-14(13(3)33(20)19-7-5-4-6-16(19)24(29,30)31)8-15(11-32)36(34,35)23-21(27)17(25)10-18(26)22(23)28/h4-10,12H,1-3H3/b15-8+. The van der Waals surface area contributed by atoms with Crippen LogP contribution in [-0.4, -0.2) is 13.0 Å². The van der Waals surface area contributed by atoms with E-state index in [0.717, 1.165) is 12.1 Å². The summed E-state index contributed by atoms with van der Waals surface area (Å²) >= 11 is 24.1. The van der Waals surface area contributed by atoms with Gasteiger partial charge in [-0.2, -0.15) is 18.4 Å². The summed E-state index contributed by atoms with van der Waals surface area (Å²) in [5.41, 5.74) is 0.00385. The van der Waals surface area contributed by atoms with Gasteiger partial charge in [-0.3, -0.25) is 0 Å². The van der Waals surface area contributed by atoms with Crippen molar-refractivity contribution in [3.05, 3.63) is 83.9 Å². The van der Waals surface area contributed by atoms with Gasteiger partial charge < -0.3 is 4.57 Å². The molecular formula is C24H17Cl4F3N2O2S. The minimum Gasteiger partial charge on any atom is -0.317 e. The van der Waals surface area contributed by atoms with Crippen molar-refractivity contribution in [1.29, 1.82) is 5.26 Å². The predicted molar refractivity (Wildman–Crippen MR) is 137 cm³/mol. The number of para-hydroxylation sites is 1. The van der Waals surface area contributed by atoms with E-state index in [2.05, 4.69) is 0 Å². The summed E-state index contributed by atoms with van der Waals surface area (Å²) in [7, 11) is -4.61. The Labute approximate surface area is 226 Å². The molecule has 0 aliphatic carbocycles. The second kappa shape index (κ2) is 10.3. The Kier molecular flexibility index (Phi) is 8.14. The van der Waals surface area contributed by atoms with Crippen molar-refractivity contribution in [2.75, 3.05) is 0 Å². The van der Waals surface area contributed by atoms with Crippen LogP contribution in [0.3, 0.4) is 0 Å². The molecule has 0 saturated heterocycles. The van der Waals surface area contributed by atoms with Crippen LogP contribution in [0.25, 0.3) is 11.8 Å². The van der Waals surface area contributed by atoms with Crippen LogP contribution in [0.1, 0.15) is 42.3 Å². The number of halogens is 7. The Balaban J connectivity index is 2.31. The van der Waals surface area contributed by atoms with Crippen LogP contribution in [0.4, 0.5) is 13.2 Å². The molecule has 0 amide bonds. The summed E-state index contributed by atoms with van der Waals surface area (Å²) in [5, 5.41) is 8.55. The molecule has 1 heterocycles. The third kappa shape index (κ3) is 5.13. The lowest BCUT2D eigenvalue weighted by atomic mass is 10.1. The predicted octanol–water partition coefficient (Wildman–Crippen LogP) is 8.88. The largest absolute Gasteiger partial charge is 0.418 e. The number of rotatable bonds is 5. The maximum atomic E-state index is 13.8. The van der Waals surface area contributed by atoms with Gasteiger partial charge in [0.25, 0.3) is 0 Å². The second-order valence-electron chi connectivity index (χ2n) is 8.04. The minimum atomic E-state index is -4.63. The van der Waals surface area contributed by atoms with Crippen molar-refractivity contribution in [1.82, 2.24) is 4.57 Å². The summed E-state index contributed by atoms with van der Waals surface area (Å²) in [6.45, 7) is 5.09. The molecule has 4 nitrogen and oxygen atoms in total. The van der Waals surface area contributed by atoms with Crippen molar-refractivity contribution in [2.45, 2.75) is 37.8 Å². The molecule has 0 radical (unpaired) electrons. The van der Waals surface area contributed by atoms with Gasteiger partial charge in [-0.15, -0.1) is 0 Å². The van der Waals surface area contributed by atoms with Gasteiger partial charge >= 0.3 is 6.18 Å². The average Bonchev–Trinajstić information content (AvgIpc) is 3.11. The van der Waals surface area contributed by atoms with Crippen molar-refractivity contribution in [3.63, 3.8) is 0 Å². The summed E-state index contributed by atoms with van der Waals surface area (Å²) in [4.78, 5) is -1.39. The van der Waals surface area contributed by atoms with Crippen LogP contribution in [0.15, 0.2) is 46.2 Å². The Bertz CT molecular complexity index is 1510. The highest BCUT2D eigenvalue weighted by atomic mass is 35.5. The number of sulfone groups is 1. The van der Waals surface area contributed by atoms with Crippen LogP contribution < -0.4 is 0 Å². The molecule has 190 valence electrons. The smallest absolute Gasteiger partial charge is 0.317 e. The van der Waals surface area contributed by atoms with Crippen molar-refractivity contribution >= 4 is 62.3 Å². The van der Waals surface area contributed by atoms with E-state index in [1.165, 1.54) is 41.8 Å². The number of allylic oxidation sites excluding steroid dienone is 1. The first-order chi connectivity index (χ1) is 16.6. The van der Waals surface area contributed by atoms with E-state index in [-0.39, 0.29) is 27.2 Å². The Morgan fingerprint density at radius 2 is 1.61 bits per heavy atom. The molecule has 0 aliphatic heterocycles.